The van der Waals surface area contributed by atoms with Gasteiger partial charge in [-0.15, -0.1) is 5.10 Å². The van der Waals surface area contributed by atoms with Gasteiger partial charge in [0.1, 0.15) is 5.58 Å². The maximum Gasteiger partial charge on any atom is 0.336 e. The molecule has 0 spiro atoms. The first-order valence-electron chi connectivity index (χ1n) is 8.89. The summed E-state index contributed by atoms with van der Waals surface area (Å²) in [5.74, 6) is 0.537. The molecule has 1 atom stereocenters. The van der Waals surface area contributed by atoms with Gasteiger partial charge in [0.25, 0.3) is 0 Å². The number of aryl methyl sites for hydroxylation is 1. The number of hydrogen-bond acceptors (Lipinski definition) is 7. The molecule has 0 radical (unpaired) electrons. The minimum absolute atomic E-state index is 0.156. The van der Waals surface area contributed by atoms with Crippen LogP contribution in [0.2, 0.25) is 5.02 Å². The summed E-state index contributed by atoms with van der Waals surface area (Å²) in [6, 6.07) is 5.21. The summed E-state index contributed by atoms with van der Waals surface area (Å²) in [5.41, 5.74) is 1.99. The molecule has 1 saturated heterocycles. The highest BCUT2D eigenvalue weighted by Crippen LogP contribution is 2.29. The Bertz CT molecular complexity index is 1010. The van der Waals surface area contributed by atoms with Crippen LogP contribution in [0.4, 0.5) is 0 Å². The SMILES string of the molecule is CCc1cc2oc(=O)cc(CSc3nnnn3CC3CCCO3)c2cc1Cl. The highest BCUT2D eigenvalue weighted by molar-refractivity contribution is 7.98. The average Bonchev–Trinajstić information content (AvgIpc) is 3.32. The second-order valence-electron chi connectivity index (χ2n) is 6.45. The lowest BCUT2D eigenvalue weighted by molar-refractivity contribution is 0.0912. The molecule has 4 rings (SSSR count). The van der Waals surface area contributed by atoms with Crippen LogP contribution >= 0.6 is 23.4 Å². The van der Waals surface area contributed by atoms with Crippen molar-refractivity contribution in [3.63, 3.8) is 0 Å². The fraction of sp³-hybridized carbons (Fsp3) is 0.444. The predicted octanol–water partition coefficient (Wildman–Crippen LogP) is 3.47. The molecule has 1 aliphatic heterocycles. The lowest BCUT2D eigenvalue weighted by atomic mass is 10.1. The van der Waals surface area contributed by atoms with E-state index in [0.29, 0.717) is 28.1 Å². The monoisotopic (exact) mass is 406 g/mol. The zero-order valence-electron chi connectivity index (χ0n) is 14.9. The van der Waals surface area contributed by atoms with Crippen LogP contribution in [0.25, 0.3) is 11.0 Å². The Labute approximate surface area is 165 Å². The van der Waals surface area contributed by atoms with Crippen molar-refractivity contribution >= 4 is 34.3 Å². The van der Waals surface area contributed by atoms with Gasteiger partial charge in [-0.25, -0.2) is 9.48 Å². The topological polar surface area (TPSA) is 83.0 Å². The Kier molecular flexibility index (Phi) is 5.47. The van der Waals surface area contributed by atoms with Gasteiger partial charge in [0, 0.05) is 28.8 Å². The number of benzene rings is 1. The largest absolute Gasteiger partial charge is 0.423 e. The summed E-state index contributed by atoms with van der Waals surface area (Å²) in [7, 11) is 0. The highest BCUT2D eigenvalue weighted by atomic mass is 35.5. The summed E-state index contributed by atoms with van der Waals surface area (Å²) in [5, 5.41) is 14.2. The Morgan fingerprint density at radius 2 is 2.22 bits per heavy atom. The van der Waals surface area contributed by atoms with Crippen LogP contribution in [0.15, 0.2) is 32.6 Å². The molecule has 9 heteroatoms. The predicted molar refractivity (Wildman–Crippen MR) is 103 cm³/mol. The molecule has 0 aliphatic carbocycles. The van der Waals surface area contributed by atoms with Crippen LogP contribution in [-0.2, 0) is 23.5 Å². The minimum Gasteiger partial charge on any atom is -0.423 e. The van der Waals surface area contributed by atoms with Crippen LogP contribution in [-0.4, -0.2) is 32.9 Å². The van der Waals surface area contributed by atoms with E-state index in [1.807, 2.05) is 19.1 Å². The van der Waals surface area contributed by atoms with Crippen molar-refractivity contribution in [2.75, 3.05) is 6.61 Å². The van der Waals surface area contributed by atoms with Gasteiger partial charge in [-0.2, -0.15) is 0 Å². The Balaban J connectivity index is 1.58. The number of nitrogens with zero attached hydrogens (tertiary/aromatic N) is 4. The van der Waals surface area contributed by atoms with Crippen molar-refractivity contribution in [1.82, 2.24) is 20.2 Å². The number of aromatic nitrogens is 4. The van der Waals surface area contributed by atoms with Gasteiger partial charge in [0.05, 0.1) is 12.6 Å². The van der Waals surface area contributed by atoms with Crippen LogP contribution in [0, 0.1) is 0 Å². The summed E-state index contributed by atoms with van der Waals surface area (Å²) < 4.78 is 12.8. The molecule has 0 amide bonds. The second kappa shape index (κ2) is 8.00. The summed E-state index contributed by atoms with van der Waals surface area (Å²) in [4.78, 5) is 12.0. The van der Waals surface area contributed by atoms with Gasteiger partial charge in [-0.05, 0) is 52.9 Å². The number of halogens is 1. The van der Waals surface area contributed by atoms with Gasteiger partial charge in [0.2, 0.25) is 5.16 Å². The minimum atomic E-state index is -0.374. The van der Waals surface area contributed by atoms with Crippen molar-refractivity contribution in [3.05, 3.63) is 44.8 Å². The molecule has 1 aromatic carbocycles. The first kappa shape index (κ1) is 18.5. The summed E-state index contributed by atoms with van der Waals surface area (Å²) in [6.45, 7) is 3.44. The van der Waals surface area contributed by atoms with E-state index >= 15 is 0 Å². The Morgan fingerprint density at radius 1 is 1.33 bits per heavy atom. The Morgan fingerprint density at radius 3 is 3.00 bits per heavy atom. The molecular weight excluding hydrogens is 388 g/mol. The molecular formula is C18H19ClN4O3S. The van der Waals surface area contributed by atoms with Gasteiger partial charge in [-0.3, -0.25) is 0 Å². The third kappa shape index (κ3) is 4.02. The van der Waals surface area contributed by atoms with Gasteiger partial charge >= 0.3 is 5.63 Å². The molecule has 2 aromatic heterocycles. The fourth-order valence-electron chi connectivity index (χ4n) is 3.22. The summed E-state index contributed by atoms with van der Waals surface area (Å²) in [6.07, 6.45) is 3.02. The van der Waals surface area contributed by atoms with Crippen molar-refractivity contribution in [2.45, 2.75) is 49.7 Å². The van der Waals surface area contributed by atoms with E-state index < -0.39 is 0 Å². The van der Waals surface area contributed by atoms with E-state index in [-0.39, 0.29) is 11.7 Å². The normalized spacial score (nSPS) is 17.0. The quantitative estimate of drug-likeness (QED) is 0.457. The molecule has 1 fully saturated rings. The molecule has 0 saturated carbocycles. The maximum absolute atomic E-state index is 12.0. The fourth-order valence-corrected chi connectivity index (χ4v) is 4.39. The van der Waals surface area contributed by atoms with Gasteiger partial charge in [0.15, 0.2) is 0 Å². The van der Waals surface area contributed by atoms with Crippen LogP contribution in [0.5, 0.6) is 0 Å². The number of rotatable bonds is 6. The number of hydrogen-bond donors (Lipinski definition) is 0. The first-order valence-corrected chi connectivity index (χ1v) is 10.3. The molecule has 3 heterocycles. The summed E-state index contributed by atoms with van der Waals surface area (Å²) >= 11 is 7.84. The smallest absolute Gasteiger partial charge is 0.336 e. The van der Waals surface area contributed by atoms with Gasteiger partial charge < -0.3 is 9.15 Å². The lowest BCUT2D eigenvalue weighted by Crippen LogP contribution is -2.16. The molecule has 142 valence electrons. The van der Waals surface area contributed by atoms with Gasteiger partial charge in [-0.1, -0.05) is 30.3 Å². The molecule has 7 nitrogen and oxygen atoms in total. The van der Waals surface area contributed by atoms with E-state index in [2.05, 4.69) is 15.5 Å². The number of fused-ring (bicyclic) bond motifs is 1. The lowest BCUT2D eigenvalue weighted by Gasteiger charge is -2.11. The van der Waals surface area contributed by atoms with E-state index in [9.17, 15) is 4.79 Å². The highest BCUT2D eigenvalue weighted by Gasteiger charge is 2.19. The van der Waals surface area contributed by atoms with Crippen molar-refractivity contribution in [2.24, 2.45) is 0 Å². The maximum atomic E-state index is 12.0. The Hall–Kier alpha value is -1.90. The zero-order chi connectivity index (χ0) is 18.8. The molecule has 27 heavy (non-hydrogen) atoms. The van der Waals surface area contributed by atoms with Crippen molar-refractivity contribution in [3.8, 4) is 0 Å². The van der Waals surface area contributed by atoms with E-state index in [4.69, 9.17) is 20.8 Å². The number of thioether (sulfide) groups is 1. The molecule has 0 bridgehead atoms. The standard InChI is InChI=1S/C18H19ClN4O3S/c1-2-11-6-16-14(8-15(11)19)12(7-17(24)26-16)10-27-18-20-21-22-23(18)9-13-4-3-5-25-13/h6-8,13H,2-5,9-10H2,1H3. The van der Waals surface area contributed by atoms with Crippen molar-refractivity contribution < 1.29 is 9.15 Å². The third-order valence-electron chi connectivity index (χ3n) is 4.63. The van der Waals surface area contributed by atoms with Crippen LogP contribution < -0.4 is 5.63 Å². The van der Waals surface area contributed by atoms with E-state index in [0.717, 1.165) is 42.4 Å². The number of tetrazole rings is 1. The average molecular weight is 407 g/mol. The second-order valence-corrected chi connectivity index (χ2v) is 7.80. The van der Waals surface area contributed by atoms with Crippen LogP contribution in [0.1, 0.15) is 30.9 Å². The third-order valence-corrected chi connectivity index (χ3v) is 5.99. The first-order chi connectivity index (χ1) is 13.1. The molecule has 3 aromatic rings. The number of ether oxygens (including phenoxy) is 1. The molecule has 1 unspecified atom stereocenters. The van der Waals surface area contributed by atoms with E-state index in [1.54, 1.807) is 4.68 Å². The zero-order valence-corrected chi connectivity index (χ0v) is 16.4. The molecule has 1 aliphatic rings. The molecule has 0 N–H and O–H groups in total. The van der Waals surface area contributed by atoms with E-state index in [1.165, 1.54) is 17.8 Å². The van der Waals surface area contributed by atoms with Crippen molar-refractivity contribution in [1.29, 1.82) is 0 Å². The van der Waals surface area contributed by atoms with Crippen LogP contribution in [0.3, 0.4) is 0 Å².